The molecular formula is C21H26N8. The van der Waals surface area contributed by atoms with E-state index < -0.39 is 0 Å². The van der Waals surface area contributed by atoms with Crippen molar-refractivity contribution in [3.63, 3.8) is 0 Å². The normalized spacial score (nSPS) is 17.1. The van der Waals surface area contributed by atoms with E-state index in [1.165, 1.54) is 25.7 Å². The molecule has 2 saturated heterocycles. The average Bonchev–Trinajstić information content (AvgIpc) is 3.50. The summed E-state index contributed by atoms with van der Waals surface area (Å²) in [5, 5.41) is 5.60. The van der Waals surface area contributed by atoms with E-state index in [9.17, 15) is 0 Å². The highest BCUT2D eigenvalue weighted by atomic mass is 15.4. The van der Waals surface area contributed by atoms with Crippen LogP contribution < -0.4 is 15.2 Å². The minimum atomic E-state index is 0.498. The number of aryl methyl sites for hydroxylation is 1. The minimum Gasteiger partial charge on any atom is -0.358 e. The standard InChI is InChI=1S/C21H26N8/c1-15-17(16-8-2-3-9-18(16)23-15)14-22-27-19-24-20(28-10-4-5-11-28)26-21(25-19)29-12-6-7-13-29/h2-3,8-9,14,23H,4-7,10-13H2,1H3,(H,24,25,26,27)/b22-14+. The Hall–Kier alpha value is -3.16. The van der Waals surface area contributed by atoms with Gasteiger partial charge in [-0.25, -0.2) is 5.43 Å². The number of fused-ring (bicyclic) bond motifs is 1. The summed E-state index contributed by atoms with van der Waals surface area (Å²) in [7, 11) is 0. The molecule has 0 bridgehead atoms. The second-order valence-electron chi connectivity index (χ2n) is 7.73. The van der Waals surface area contributed by atoms with E-state index in [2.05, 4.69) is 54.3 Å². The molecule has 29 heavy (non-hydrogen) atoms. The molecule has 1 aromatic carbocycles. The summed E-state index contributed by atoms with van der Waals surface area (Å²) >= 11 is 0. The summed E-state index contributed by atoms with van der Waals surface area (Å²) in [4.78, 5) is 21.9. The highest BCUT2D eigenvalue weighted by molar-refractivity contribution is 6.00. The average molecular weight is 390 g/mol. The Morgan fingerprint density at radius 2 is 1.55 bits per heavy atom. The molecule has 2 N–H and O–H groups in total. The maximum Gasteiger partial charge on any atom is 0.250 e. The predicted molar refractivity (Wildman–Crippen MR) is 117 cm³/mol. The van der Waals surface area contributed by atoms with Crippen LogP contribution in [0.2, 0.25) is 0 Å². The maximum absolute atomic E-state index is 4.74. The van der Waals surface area contributed by atoms with E-state index in [0.29, 0.717) is 5.95 Å². The number of benzene rings is 1. The van der Waals surface area contributed by atoms with Crippen molar-refractivity contribution in [2.45, 2.75) is 32.6 Å². The van der Waals surface area contributed by atoms with E-state index in [0.717, 1.165) is 60.2 Å². The quantitative estimate of drug-likeness (QED) is 0.514. The van der Waals surface area contributed by atoms with Gasteiger partial charge in [-0.05, 0) is 38.7 Å². The largest absolute Gasteiger partial charge is 0.358 e. The van der Waals surface area contributed by atoms with Crippen LogP contribution >= 0.6 is 0 Å². The van der Waals surface area contributed by atoms with Crippen molar-refractivity contribution in [3.8, 4) is 0 Å². The molecule has 2 aliphatic heterocycles. The molecule has 0 saturated carbocycles. The fourth-order valence-corrected chi connectivity index (χ4v) is 4.14. The van der Waals surface area contributed by atoms with E-state index in [-0.39, 0.29) is 0 Å². The van der Waals surface area contributed by atoms with Gasteiger partial charge >= 0.3 is 0 Å². The van der Waals surface area contributed by atoms with Crippen LogP contribution in [-0.4, -0.2) is 52.3 Å². The zero-order valence-electron chi connectivity index (χ0n) is 16.7. The lowest BCUT2D eigenvalue weighted by Crippen LogP contribution is -2.25. The summed E-state index contributed by atoms with van der Waals surface area (Å²) in [6, 6.07) is 8.24. The summed E-state index contributed by atoms with van der Waals surface area (Å²) in [5.41, 5.74) is 6.31. The third-order valence-electron chi connectivity index (χ3n) is 5.69. The maximum atomic E-state index is 4.74. The van der Waals surface area contributed by atoms with E-state index in [1.807, 2.05) is 18.3 Å². The van der Waals surface area contributed by atoms with Crippen LogP contribution in [0.5, 0.6) is 0 Å². The highest BCUT2D eigenvalue weighted by Crippen LogP contribution is 2.23. The summed E-state index contributed by atoms with van der Waals surface area (Å²) in [6.45, 7) is 6.06. The highest BCUT2D eigenvalue weighted by Gasteiger charge is 2.21. The molecule has 0 amide bonds. The van der Waals surface area contributed by atoms with Crippen molar-refractivity contribution < 1.29 is 0 Å². The predicted octanol–water partition coefficient (Wildman–Crippen LogP) is 3.31. The summed E-state index contributed by atoms with van der Waals surface area (Å²) in [5.74, 6) is 2.00. The zero-order chi connectivity index (χ0) is 19.6. The third kappa shape index (κ3) is 3.62. The Labute approximate surface area is 170 Å². The number of nitrogens with one attached hydrogen (secondary N) is 2. The number of para-hydroxylation sites is 1. The van der Waals surface area contributed by atoms with Gasteiger partial charge in [-0.1, -0.05) is 18.2 Å². The first kappa shape index (κ1) is 17.9. The van der Waals surface area contributed by atoms with Gasteiger partial charge < -0.3 is 14.8 Å². The SMILES string of the molecule is Cc1[nH]c2ccccc2c1/C=N/Nc1nc(N2CCCC2)nc(N2CCCC2)n1. The second-order valence-corrected chi connectivity index (χ2v) is 7.73. The summed E-state index contributed by atoms with van der Waals surface area (Å²) in [6.07, 6.45) is 6.58. The number of hydrogen-bond donors (Lipinski definition) is 2. The first-order chi connectivity index (χ1) is 14.3. The van der Waals surface area contributed by atoms with Gasteiger partial charge in [-0.15, -0.1) is 0 Å². The van der Waals surface area contributed by atoms with E-state index in [4.69, 9.17) is 4.98 Å². The van der Waals surface area contributed by atoms with Gasteiger partial charge in [0.1, 0.15) is 0 Å². The van der Waals surface area contributed by atoms with Crippen LogP contribution in [0.15, 0.2) is 29.4 Å². The molecule has 0 unspecified atom stereocenters. The van der Waals surface area contributed by atoms with Crippen molar-refractivity contribution in [2.24, 2.45) is 5.10 Å². The number of nitrogens with zero attached hydrogens (tertiary/aromatic N) is 6. The van der Waals surface area contributed by atoms with Crippen molar-refractivity contribution in [2.75, 3.05) is 41.4 Å². The van der Waals surface area contributed by atoms with Crippen LogP contribution in [0.25, 0.3) is 10.9 Å². The van der Waals surface area contributed by atoms with Crippen molar-refractivity contribution in [1.82, 2.24) is 19.9 Å². The number of hydrogen-bond acceptors (Lipinski definition) is 7. The van der Waals surface area contributed by atoms with Gasteiger partial charge in [0, 0.05) is 48.3 Å². The Bertz CT molecular complexity index is 994. The first-order valence-electron chi connectivity index (χ1n) is 10.4. The van der Waals surface area contributed by atoms with Gasteiger partial charge in [0.2, 0.25) is 17.8 Å². The van der Waals surface area contributed by atoms with Crippen LogP contribution in [0.3, 0.4) is 0 Å². The van der Waals surface area contributed by atoms with Gasteiger partial charge in [0.05, 0.1) is 6.21 Å². The van der Waals surface area contributed by atoms with Gasteiger partial charge in [-0.3, -0.25) is 0 Å². The number of rotatable bonds is 5. The lowest BCUT2D eigenvalue weighted by molar-refractivity contribution is 0.838. The van der Waals surface area contributed by atoms with Crippen molar-refractivity contribution in [1.29, 1.82) is 0 Å². The molecule has 8 heteroatoms. The number of anilines is 3. The molecule has 2 fully saturated rings. The molecule has 0 radical (unpaired) electrons. The number of aromatic nitrogens is 4. The van der Waals surface area contributed by atoms with Crippen LogP contribution in [-0.2, 0) is 0 Å². The number of hydrazone groups is 1. The monoisotopic (exact) mass is 390 g/mol. The lowest BCUT2D eigenvalue weighted by atomic mass is 10.1. The molecule has 150 valence electrons. The summed E-state index contributed by atoms with van der Waals surface area (Å²) < 4.78 is 0. The Balaban J connectivity index is 1.42. The fraction of sp³-hybridized carbons (Fsp3) is 0.429. The molecule has 2 aromatic heterocycles. The van der Waals surface area contributed by atoms with Gasteiger partial charge in [-0.2, -0.15) is 20.1 Å². The molecular weight excluding hydrogens is 364 g/mol. The molecule has 4 heterocycles. The van der Waals surface area contributed by atoms with Crippen LogP contribution in [0.1, 0.15) is 36.9 Å². The molecule has 0 spiro atoms. The lowest BCUT2D eigenvalue weighted by Gasteiger charge is -2.20. The van der Waals surface area contributed by atoms with E-state index >= 15 is 0 Å². The third-order valence-corrected chi connectivity index (χ3v) is 5.69. The second kappa shape index (κ2) is 7.69. The topological polar surface area (TPSA) is 85.3 Å². The molecule has 2 aliphatic rings. The first-order valence-corrected chi connectivity index (χ1v) is 10.4. The van der Waals surface area contributed by atoms with E-state index in [1.54, 1.807) is 0 Å². The van der Waals surface area contributed by atoms with Gasteiger partial charge in [0.25, 0.3) is 0 Å². The smallest absolute Gasteiger partial charge is 0.250 e. The Kier molecular flexibility index (Phi) is 4.75. The fourth-order valence-electron chi connectivity index (χ4n) is 4.14. The molecule has 3 aromatic rings. The Morgan fingerprint density at radius 3 is 2.21 bits per heavy atom. The minimum absolute atomic E-state index is 0.498. The molecule has 8 nitrogen and oxygen atoms in total. The molecule has 0 aliphatic carbocycles. The van der Waals surface area contributed by atoms with Crippen LogP contribution in [0, 0.1) is 6.92 Å². The van der Waals surface area contributed by atoms with Gasteiger partial charge in [0.15, 0.2) is 0 Å². The van der Waals surface area contributed by atoms with Crippen LogP contribution in [0.4, 0.5) is 17.8 Å². The van der Waals surface area contributed by atoms with Crippen molar-refractivity contribution >= 4 is 35.0 Å². The molecule has 5 rings (SSSR count). The zero-order valence-corrected chi connectivity index (χ0v) is 16.7. The van der Waals surface area contributed by atoms with Crippen molar-refractivity contribution in [3.05, 3.63) is 35.5 Å². The molecule has 0 atom stereocenters. The number of H-pyrrole nitrogens is 1. The Morgan fingerprint density at radius 1 is 0.931 bits per heavy atom. The number of aromatic amines is 1.